The molecule has 0 fully saturated rings. The molecule has 0 spiro atoms. The number of nitrogens with two attached hydrogens (primary N) is 1. The van der Waals surface area contributed by atoms with Gasteiger partial charge in [-0.3, -0.25) is 0 Å². The van der Waals surface area contributed by atoms with Crippen LogP contribution in [0, 0.1) is 13.8 Å². The molecule has 16 heavy (non-hydrogen) atoms. The summed E-state index contributed by atoms with van der Waals surface area (Å²) in [5.41, 5.74) is 8.87. The van der Waals surface area contributed by atoms with Crippen molar-refractivity contribution in [2.45, 2.75) is 33.6 Å². The lowest BCUT2D eigenvalue weighted by atomic mass is 10.0. The summed E-state index contributed by atoms with van der Waals surface area (Å²) in [6, 6.07) is 3.60. The van der Waals surface area contributed by atoms with Crippen molar-refractivity contribution in [3.8, 4) is 0 Å². The number of aryl methyl sites for hydroxylation is 2. The minimum atomic E-state index is -0.280. The molecular formula is C13H19NO2. The fourth-order valence-electron chi connectivity index (χ4n) is 1.48. The van der Waals surface area contributed by atoms with Crippen LogP contribution in [0.1, 0.15) is 41.3 Å². The molecule has 0 aliphatic heterocycles. The van der Waals surface area contributed by atoms with Crippen molar-refractivity contribution in [1.82, 2.24) is 0 Å². The number of hydrogen-bond acceptors (Lipinski definition) is 3. The summed E-state index contributed by atoms with van der Waals surface area (Å²) in [4.78, 5) is 11.7. The predicted octanol–water partition coefficient (Wildman–Crippen LogP) is 2.84. The first-order chi connectivity index (χ1) is 7.56. The monoisotopic (exact) mass is 221 g/mol. The molecule has 0 radical (unpaired) electrons. The zero-order valence-corrected chi connectivity index (χ0v) is 10.2. The van der Waals surface area contributed by atoms with Gasteiger partial charge in [0.15, 0.2) is 0 Å². The van der Waals surface area contributed by atoms with Gasteiger partial charge in [0.25, 0.3) is 0 Å². The van der Waals surface area contributed by atoms with Gasteiger partial charge in [0.1, 0.15) is 0 Å². The van der Waals surface area contributed by atoms with Crippen LogP contribution in [-0.2, 0) is 4.74 Å². The van der Waals surface area contributed by atoms with E-state index in [1.807, 2.05) is 19.9 Å². The first-order valence-corrected chi connectivity index (χ1v) is 5.60. The van der Waals surface area contributed by atoms with Crippen LogP contribution >= 0.6 is 0 Å². The molecule has 1 aromatic carbocycles. The second-order valence-corrected chi connectivity index (χ2v) is 4.01. The molecule has 0 atom stereocenters. The van der Waals surface area contributed by atoms with E-state index in [1.165, 1.54) is 0 Å². The number of anilines is 1. The van der Waals surface area contributed by atoms with Crippen molar-refractivity contribution in [1.29, 1.82) is 0 Å². The Morgan fingerprint density at radius 3 is 2.62 bits per heavy atom. The van der Waals surface area contributed by atoms with Gasteiger partial charge in [-0.05, 0) is 37.5 Å². The minimum absolute atomic E-state index is 0.280. The fourth-order valence-corrected chi connectivity index (χ4v) is 1.48. The standard InChI is InChI=1S/C13H19NO2/c1-4-5-6-16-13(15)11-8-12(14)10(3)7-9(11)2/h7-8H,4-6,14H2,1-3H3. The van der Waals surface area contributed by atoms with E-state index in [4.69, 9.17) is 10.5 Å². The molecule has 0 aromatic heterocycles. The molecule has 1 rings (SSSR count). The second-order valence-electron chi connectivity index (χ2n) is 4.01. The van der Waals surface area contributed by atoms with E-state index < -0.39 is 0 Å². The number of carbonyl (C=O) groups excluding carboxylic acids is 1. The molecule has 88 valence electrons. The maximum absolute atomic E-state index is 11.7. The third-order valence-electron chi connectivity index (χ3n) is 2.56. The van der Waals surface area contributed by atoms with Crippen molar-refractivity contribution < 1.29 is 9.53 Å². The van der Waals surface area contributed by atoms with Crippen molar-refractivity contribution >= 4 is 11.7 Å². The molecule has 0 unspecified atom stereocenters. The Labute approximate surface area is 96.6 Å². The number of benzene rings is 1. The van der Waals surface area contributed by atoms with Gasteiger partial charge in [0.05, 0.1) is 12.2 Å². The van der Waals surface area contributed by atoms with Crippen LogP contribution in [0.15, 0.2) is 12.1 Å². The lowest BCUT2D eigenvalue weighted by Gasteiger charge is -2.09. The predicted molar refractivity (Wildman–Crippen MR) is 65.5 cm³/mol. The maximum atomic E-state index is 11.7. The Morgan fingerprint density at radius 1 is 1.31 bits per heavy atom. The van der Waals surface area contributed by atoms with Gasteiger partial charge >= 0.3 is 5.97 Å². The number of ether oxygens (including phenoxy) is 1. The molecule has 0 saturated heterocycles. The van der Waals surface area contributed by atoms with Gasteiger partial charge in [-0.25, -0.2) is 4.79 Å². The fraction of sp³-hybridized carbons (Fsp3) is 0.462. The van der Waals surface area contributed by atoms with E-state index in [0.29, 0.717) is 17.9 Å². The zero-order valence-electron chi connectivity index (χ0n) is 10.2. The molecule has 3 heteroatoms. The van der Waals surface area contributed by atoms with E-state index in [1.54, 1.807) is 6.07 Å². The molecule has 0 amide bonds. The van der Waals surface area contributed by atoms with Crippen LogP contribution in [0.4, 0.5) is 5.69 Å². The molecular weight excluding hydrogens is 202 g/mol. The van der Waals surface area contributed by atoms with Crippen molar-refractivity contribution in [3.05, 3.63) is 28.8 Å². The smallest absolute Gasteiger partial charge is 0.338 e. The van der Waals surface area contributed by atoms with Crippen molar-refractivity contribution in [3.63, 3.8) is 0 Å². The van der Waals surface area contributed by atoms with E-state index in [9.17, 15) is 4.79 Å². The first-order valence-electron chi connectivity index (χ1n) is 5.60. The summed E-state index contributed by atoms with van der Waals surface area (Å²) >= 11 is 0. The van der Waals surface area contributed by atoms with E-state index >= 15 is 0 Å². The van der Waals surface area contributed by atoms with Crippen LogP contribution in [0.3, 0.4) is 0 Å². The Hall–Kier alpha value is -1.51. The SMILES string of the molecule is CCCCOC(=O)c1cc(N)c(C)cc1C. The Morgan fingerprint density at radius 2 is 2.00 bits per heavy atom. The maximum Gasteiger partial charge on any atom is 0.338 e. The Kier molecular flexibility index (Phi) is 4.35. The molecule has 2 N–H and O–H groups in total. The molecule has 0 aliphatic carbocycles. The van der Waals surface area contributed by atoms with Crippen LogP contribution < -0.4 is 5.73 Å². The van der Waals surface area contributed by atoms with E-state index in [-0.39, 0.29) is 5.97 Å². The van der Waals surface area contributed by atoms with Gasteiger partial charge in [-0.2, -0.15) is 0 Å². The molecule has 0 bridgehead atoms. The molecule has 1 aromatic rings. The number of esters is 1. The molecule has 0 aliphatic rings. The quantitative estimate of drug-likeness (QED) is 0.483. The van der Waals surface area contributed by atoms with Gasteiger partial charge in [0.2, 0.25) is 0 Å². The summed E-state index contributed by atoms with van der Waals surface area (Å²) in [6.07, 6.45) is 1.91. The second kappa shape index (κ2) is 5.54. The minimum Gasteiger partial charge on any atom is -0.462 e. The van der Waals surface area contributed by atoms with Gasteiger partial charge in [-0.15, -0.1) is 0 Å². The Bertz CT molecular complexity index is 386. The Balaban J connectivity index is 2.79. The van der Waals surface area contributed by atoms with E-state index in [2.05, 4.69) is 6.92 Å². The summed E-state index contributed by atoms with van der Waals surface area (Å²) in [5.74, 6) is -0.280. The van der Waals surface area contributed by atoms with E-state index in [0.717, 1.165) is 24.0 Å². The summed E-state index contributed by atoms with van der Waals surface area (Å²) in [6.45, 7) is 6.35. The highest BCUT2D eigenvalue weighted by atomic mass is 16.5. The van der Waals surface area contributed by atoms with Crippen LogP contribution in [-0.4, -0.2) is 12.6 Å². The number of nitrogen functional groups attached to an aromatic ring is 1. The van der Waals surface area contributed by atoms with Gasteiger partial charge in [-0.1, -0.05) is 19.4 Å². The van der Waals surface area contributed by atoms with Crippen LogP contribution in [0.2, 0.25) is 0 Å². The van der Waals surface area contributed by atoms with Crippen LogP contribution in [0.5, 0.6) is 0 Å². The number of hydrogen-bond donors (Lipinski definition) is 1. The van der Waals surface area contributed by atoms with Crippen molar-refractivity contribution in [2.24, 2.45) is 0 Å². The highest BCUT2D eigenvalue weighted by Gasteiger charge is 2.11. The highest BCUT2D eigenvalue weighted by molar-refractivity contribution is 5.92. The average molecular weight is 221 g/mol. The lowest BCUT2D eigenvalue weighted by molar-refractivity contribution is 0.0499. The molecule has 0 heterocycles. The zero-order chi connectivity index (χ0) is 12.1. The normalized spacial score (nSPS) is 10.2. The summed E-state index contributed by atoms with van der Waals surface area (Å²) in [5, 5.41) is 0. The largest absolute Gasteiger partial charge is 0.462 e. The highest BCUT2D eigenvalue weighted by Crippen LogP contribution is 2.18. The molecule has 3 nitrogen and oxygen atoms in total. The van der Waals surface area contributed by atoms with Crippen LogP contribution in [0.25, 0.3) is 0 Å². The first kappa shape index (κ1) is 12.6. The lowest BCUT2D eigenvalue weighted by Crippen LogP contribution is -2.09. The summed E-state index contributed by atoms with van der Waals surface area (Å²) < 4.78 is 5.15. The number of rotatable bonds is 4. The topological polar surface area (TPSA) is 52.3 Å². The molecule has 0 saturated carbocycles. The number of unbranched alkanes of at least 4 members (excludes halogenated alkanes) is 1. The third kappa shape index (κ3) is 2.99. The summed E-state index contributed by atoms with van der Waals surface area (Å²) in [7, 11) is 0. The van der Waals surface area contributed by atoms with Crippen molar-refractivity contribution in [2.75, 3.05) is 12.3 Å². The third-order valence-corrected chi connectivity index (χ3v) is 2.56. The average Bonchev–Trinajstić information content (AvgIpc) is 2.23. The van der Waals surface area contributed by atoms with Gasteiger partial charge in [0, 0.05) is 5.69 Å². The van der Waals surface area contributed by atoms with Gasteiger partial charge < -0.3 is 10.5 Å². The number of carbonyl (C=O) groups is 1.